The maximum atomic E-state index is 12.7. The number of anilines is 1. The predicted octanol–water partition coefficient (Wildman–Crippen LogP) is 1.66. The maximum absolute atomic E-state index is 12.7. The third-order valence-corrected chi connectivity index (χ3v) is 4.91. The van der Waals surface area contributed by atoms with E-state index in [1.165, 1.54) is 0 Å². The van der Waals surface area contributed by atoms with Gasteiger partial charge in [0, 0.05) is 31.7 Å². The summed E-state index contributed by atoms with van der Waals surface area (Å²) in [7, 11) is 1.62. The Hall–Kier alpha value is -3.16. The lowest BCUT2D eigenvalue weighted by Crippen LogP contribution is -2.49. The van der Waals surface area contributed by atoms with Gasteiger partial charge in [0.05, 0.1) is 18.5 Å². The van der Waals surface area contributed by atoms with Crippen molar-refractivity contribution in [1.82, 2.24) is 24.7 Å². The number of piperazine rings is 1. The summed E-state index contributed by atoms with van der Waals surface area (Å²) in [4.78, 5) is 16.9. The average Bonchev–Trinajstić information content (AvgIpc) is 3.21. The first-order valence-electron chi connectivity index (χ1n) is 9.08. The first kappa shape index (κ1) is 17.3. The SMILES string of the molecule is CCc1cc(N2CCN(C(=O)c3ccc(OC)cc3)CC2)c2nncn2n1. The Morgan fingerprint density at radius 1 is 1.15 bits per heavy atom. The summed E-state index contributed by atoms with van der Waals surface area (Å²) in [5, 5.41) is 12.7. The molecule has 1 aromatic carbocycles. The van der Waals surface area contributed by atoms with Crippen LogP contribution in [0.4, 0.5) is 5.69 Å². The number of carbonyl (C=O) groups excluding carboxylic acids is 1. The van der Waals surface area contributed by atoms with Gasteiger partial charge in [0.25, 0.3) is 5.91 Å². The van der Waals surface area contributed by atoms with Crippen molar-refractivity contribution < 1.29 is 9.53 Å². The molecule has 4 rings (SSSR count). The van der Waals surface area contributed by atoms with Crippen molar-refractivity contribution in [2.75, 3.05) is 38.2 Å². The molecule has 0 atom stereocenters. The van der Waals surface area contributed by atoms with E-state index in [2.05, 4.69) is 33.2 Å². The Balaban J connectivity index is 1.49. The van der Waals surface area contributed by atoms with Crippen molar-refractivity contribution in [2.24, 2.45) is 0 Å². The highest BCUT2D eigenvalue weighted by Crippen LogP contribution is 2.23. The number of aryl methyl sites for hydroxylation is 1. The van der Waals surface area contributed by atoms with Crippen LogP contribution in [-0.2, 0) is 6.42 Å². The van der Waals surface area contributed by atoms with E-state index in [4.69, 9.17) is 4.74 Å². The molecule has 1 amide bonds. The molecule has 3 heterocycles. The van der Waals surface area contributed by atoms with Crippen molar-refractivity contribution in [3.8, 4) is 5.75 Å². The smallest absolute Gasteiger partial charge is 0.253 e. The lowest BCUT2D eigenvalue weighted by molar-refractivity contribution is 0.0747. The van der Waals surface area contributed by atoms with Crippen LogP contribution in [0, 0.1) is 0 Å². The van der Waals surface area contributed by atoms with Gasteiger partial charge in [-0.15, -0.1) is 10.2 Å². The van der Waals surface area contributed by atoms with Crippen LogP contribution >= 0.6 is 0 Å². The third-order valence-electron chi connectivity index (χ3n) is 4.91. The molecule has 2 aromatic heterocycles. The normalized spacial score (nSPS) is 14.6. The minimum absolute atomic E-state index is 0.0499. The highest BCUT2D eigenvalue weighted by Gasteiger charge is 2.24. The van der Waals surface area contributed by atoms with Gasteiger partial charge in [0.15, 0.2) is 0 Å². The highest BCUT2D eigenvalue weighted by atomic mass is 16.5. The molecular formula is C19H22N6O2. The number of carbonyl (C=O) groups is 1. The van der Waals surface area contributed by atoms with E-state index in [1.807, 2.05) is 29.2 Å². The molecule has 3 aromatic rings. The average molecular weight is 366 g/mol. The first-order chi connectivity index (χ1) is 13.2. The third kappa shape index (κ3) is 3.30. The van der Waals surface area contributed by atoms with Crippen LogP contribution in [-0.4, -0.2) is 63.9 Å². The summed E-state index contributed by atoms with van der Waals surface area (Å²) in [6.07, 6.45) is 2.47. The molecule has 1 aliphatic rings. The van der Waals surface area contributed by atoms with E-state index in [0.29, 0.717) is 18.7 Å². The quantitative estimate of drug-likeness (QED) is 0.699. The molecule has 8 nitrogen and oxygen atoms in total. The number of hydrogen-bond acceptors (Lipinski definition) is 6. The van der Waals surface area contributed by atoms with E-state index in [1.54, 1.807) is 18.0 Å². The van der Waals surface area contributed by atoms with Gasteiger partial charge < -0.3 is 14.5 Å². The van der Waals surface area contributed by atoms with Crippen molar-refractivity contribution in [3.63, 3.8) is 0 Å². The van der Waals surface area contributed by atoms with Crippen LogP contribution in [0.25, 0.3) is 5.65 Å². The summed E-state index contributed by atoms with van der Waals surface area (Å²) in [5.41, 5.74) is 3.45. The van der Waals surface area contributed by atoms with E-state index in [9.17, 15) is 4.79 Å². The minimum Gasteiger partial charge on any atom is -0.497 e. The number of benzene rings is 1. The lowest BCUT2D eigenvalue weighted by Gasteiger charge is -2.36. The molecule has 1 fully saturated rings. The fourth-order valence-electron chi connectivity index (χ4n) is 3.33. The zero-order valence-electron chi connectivity index (χ0n) is 15.5. The maximum Gasteiger partial charge on any atom is 0.253 e. The van der Waals surface area contributed by atoms with E-state index >= 15 is 0 Å². The summed E-state index contributed by atoms with van der Waals surface area (Å²) in [6, 6.07) is 9.32. The molecule has 0 aliphatic carbocycles. The molecule has 1 saturated heterocycles. The second-order valence-electron chi connectivity index (χ2n) is 6.48. The number of fused-ring (bicyclic) bond motifs is 1. The molecule has 0 bridgehead atoms. The largest absolute Gasteiger partial charge is 0.497 e. The van der Waals surface area contributed by atoms with Gasteiger partial charge in [0.1, 0.15) is 12.1 Å². The molecule has 8 heteroatoms. The van der Waals surface area contributed by atoms with Gasteiger partial charge in [-0.3, -0.25) is 4.79 Å². The summed E-state index contributed by atoms with van der Waals surface area (Å²) in [6.45, 7) is 4.90. The van der Waals surface area contributed by atoms with Crippen molar-refractivity contribution in [2.45, 2.75) is 13.3 Å². The highest BCUT2D eigenvalue weighted by molar-refractivity contribution is 5.94. The van der Waals surface area contributed by atoms with Gasteiger partial charge in [-0.2, -0.15) is 9.61 Å². The van der Waals surface area contributed by atoms with E-state index < -0.39 is 0 Å². The second-order valence-corrected chi connectivity index (χ2v) is 6.48. The van der Waals surface area contributed by atoms with Crippen LogP contribution in [0.15, 0.2) is 36.7 Å². The molecule has 0 saturated carbocycles. The van der Waals surface area contributed by atoms with Crippen molar-refractivity contribution in [3.05, 3.63) is 47.9 Å². The van der Waals surface area contributed by atoms with Crippen molar-refractivity contribution >= 4 is 17.2 Å². The van der Waals surface area contributed by atoms with Crippen LogP contribution < -0.4 is 9.64 Å². The number of rotatable bonds is 4. The number of ether oxygens (including phenoxy) is 1. The zero-order valence-corrected chi connectivity index (χ0v) is 15.5. The Kier molecular flexibility index (Phi) is 4.62. The standard InChI is InChI=1S/C19H22N6O2/c1-3-15-12-17(18-21-20-13-25(18)22-15)23-8-10-24(11-9-23)19(26)14-4-6-16(27-2)7-5-14/h4-7,12-13H,3,8-11H2,1-2H3. The molecule has 0 N–H and O–H groups in total. The summed E-state index contributed by atoms with van der Waals surface area (Å²) in [5.74, 6) is 0.798. The summed E-state index contributed by atoms with van der Waals surface area (Å²) < 4.78 is 6.88. The molecule has 1 aliphatic heterocycles. The Labute approximate surface area is 157 Å². The van der Waals surface area contributed by atoms with Crippen molar-refractivity contribution in [1.29, 1.82) is 0 Å². The number of nitrogens with zero attached hydrogens (tertiary/aromatic N) is 6. The fraction of sp³-hybridized carbons (Fsp3) is 0.368. The number of methoxy groups -OCH3 is 1. The predicted molar refractivity (Wildman–Crippen MR) is 101 cm³/mol. The molecular weight excluding hydrogens is 344 g/mol. The zero-order chi connectivity index (χ0) is 18.8. The van der Waals surface area contributed by atoms with Crippen LogP contribution in [0.3, 0.4) is 0 Å². The van der Waals surface area contributed by atoms with Gasteiger partial charge >= 0.3 is 0 Å². The van der Waals surface area contributed by atoms with Gasteiger partial charge in [-0.05, 0) is 36.8 Å². The van der Waals surface area contributed by atoms with Gasteiger partial charge in [0.2, 0.25) is 5.65 Å². The molecule has 140 valence electrons. The van der Waals surface area contributed by atoms with Crippen LogP contribution in [0.5, 0.6) is 5.75 Å². The monoisotopic (exact) mass is 366 g/mol. The van der Waals surface area contributed by atoms with E-state index in [0.717, 1.165) is 42.3 Å². The topological polar surface area (TPSA) is 75.9 Å². The Morgan fingerprint density at radius 3 is 2.56 bits per heavy atom. The van der Waals surface area contributed by atoms with Gasteiger partial charge in [-0.25, -0.2) is 0 Å². The number of aromatic nitrogens is 4. The Bertz CT molecular complexity index is 944. The number of hydrogen-bond donors (Lipinski definition) is 0. The second kappa shape index (κ2) is 7.22. The van der Waals surface area contributed by atoms with Gasteiger partial charge in [-0.1, -0.05) is 6.92 Å². The Morgan fingerprint density at radius 2 is 1.89 bits per heavy atom. The van der Waals surface area contributed by atoms with Crippen LogP contribution in [0.2, 0.25) is 0 Å². The fourth-order valence-corrected chi connectivity index (χ4v) is 3.33. The number of amides is 1. The first-order valence-corrected chi connectivity index (χ1v) is 9.08. The molecule has 0 unspecified atom stereocenters. The lowest BCUT2D eigenvalue weighted by atomic mass is 10.1. The molecule has 0 spiro atoms. The van der Waals surface area contributed by atoms with Crippen LogP contribution in [0.1, 0.15) is 23.0 Å². The van der Waals surface area contributed by atoms with E-state index in [-0.39, 0.29) is 5.91 Å². The molecule has 0 radical (unpaired) electrons. The molecule has 27 heavy (non-hydrogen) atoms. The minimum atomic E-state index is 0.0499. The summed E-state index contributed by atoms with van der Waals surface area (Å²) >= 11 is 0.